The summed E-state index contributed by atoms with van der Waals surface area (Å²) in [6.45, 7) is 3.35. The second-order valence-electron chi connectivity index (χ2n) is 3.74. The summed E-state index contributed by atoms with van der Waals surface area (Å²) >= 11 is 0. The Morgan fingerprint density at radius 1 is 1.35 bits per heavy atom. The van der Waals surface area contributed by atoms with Gasteiger partial charge in [-0.1, -0.05) is 6.92 Å². The highest BCUT2D eigenvalue weighted by atomic mass is 19.4. The van der Waals surface area contributed by atoms with E-state index in [1.54, 1.807) is 19.9 Å². The summed E-state index contributed by atoms with van der Waals surface area (Å²) in [6.07, 6.45) is -4.60. The summed E-state index contributed by atoms with van der Waals surface area (Å²) in [5.74, 6) is -1.27. The molecule has 0 fully saturated rings. The van der Waals surface area contributed by atoms with Crippen molar-refractivity contribution in [3.8, 4) is 11.8 Å². The molecular weight excluding hydrogens is 275 g/mol. The van der Waals surface area contributed by atoms with E-state index in [9.17, 15) is 18.0 Å². The summed E-state index contributed by atoms with van der Waals surface area (Å²) in [7, 11) is 0. The second kappa shape index (κ2) is 6.28. The lowest BCUT2D eigenvalue weighted by Crippen LogP contribution is -2.18. The van der Waals surface area contributed by atoms with Crippen molar-refractivity contribution >= 4 is 5.97 Å². The van der Waals surface area contributed by atoms with Gasteiger partial charge in [0.2, 0.25) is 0 Å². The lowest BCUT2D eigenvalue weighted by atomic mass is 9.99. The summed E-state index contributed by atoms with van der Waals surface area (Å²) in [5.41, 5.74) is 0.0372. The standard InChI is InChI=1S/C13H12F3NO3/c1-3-8-5-10(20-13(14,15)16)6-9(7-17)11(8)12(18)19-4-2/h5-6H,3-4H2,1-2H3. The van der Waals surface area contributed by atoms with Gasteiger partial charge in [-0.2, -0.15) is 5.26 Å². The molecule has 0 atom stereocenters. The number of hydrogen-bond acceptors (Lipinski definition) is 4. The predicted molar refractivity (Wildman–Crippen MR) is 63.2 cm³/mol. The van der Waals surface area contributed by atoms with Crippen LogP contribution in [0.3, 0.4) is 0 Å². The molecule has 1 aromatic rings. The van der Waals surface area contributed by atoms with Crippen LogP contribution < -0.4 is 4.74 Å². The lowest BCUT2D eigenvalue weighted by molar-refractivity contribution is -0.274. The molecule has 1 rings (SSSR count). The normalized spacial score (nSPS) is 10.8. The molecule has 108 valence electrons. The number of nitrogens with zero attached hydrogens (tertiary/aromatic N) is 1. The number of carbonyl (C=O) groups excluding carboxylic acids is 1. The third-order valence-corrected chi connectivity index (χ3v) is 2.41. The first-order chi connectivity index (χ1) is 9.32. The maximum absolute atomic E-state index is 12.2. The molecule has 0 aliphatic rings. The Bertz CT molecular complexity index is 547. The van der Waals surface area contributed by atoms with Crippen LogP contribution in [0.4, 0.5) is 13.2 Å². The maximum atomic E-state index is 12.2. The number of benzene rings is 1. The molecule has 0 heterocycles. The monoisotopic (exact) mass is 287 g/mol. The highest BCUT2D eigenvalue weighted by molar-refractivity contribution is 5.94. The number of aryl methyl sites for hydroxylation is 1. The van der Waals surface area contributed by atoms with Gasteiger partial charge < -0.3 is 9.47 Å². The molecule has 0 saturated carbocycles. The summed E-state index contributed by atoms with van der Waals surface area (Å²) in [5, 5.41) is 8.98. The summed E-state index contributed by atoms with van der Waals surface area (Å²) < 4.78 is 45.2. The Kier molecular flexibility index (Phi) is 4.97. The third kappa shape index (κ3) is 3.88. The van der Waals surface area contributed by atoms with Gasteiger partial charge in [0, 0.05) is 0 Å². The number of esters is 1. The molecule has 0 radical (unpaired) electrons. The van der Waals surface area contributed by atoms with Crippen LogP contribution >= 0.6 is 0 Å². The van der Waals surface area contributed by atoms with E-state index in [-0.39, 0.29) is 29.7 Å². The lowest BCUT2D eigenvalue weighted by Gasteiger charge is -2.13. The molecule has 0 bridgehead atoms. The molecule has 0 aliphatic carbocycles. The third-order valence-electron chi connectivity index (χ3n) is 2.41. The first-order valence-electron chi connectivity index (χ1n) is 5.82. The van der Waals surface area contributed by atoms with E-state index in [2.05, 4.69) is 4.74 Å². The Morgan fingerprint density at radius 2 is 2.00 bits per heavy atom. The smallest absolute Gasteiger partial charge is 0.462 e. The number of rotatable bonds is 4. The van der Waals surface area contributed by atoms with E-state index in [1.165, 1.54) is 0 Å². The first-order valence-corrected chi connectivity index (χ1v) is 5.82. The van der Waals surface area contributed by atoms with E-state index < -0.39 is 18.1 Å². The zero-order chi connectivity index (χ0) is 15.3. The van der Waals surface area contributed by atoms with Crippen molar-refractivity contribution < 1.29 is 27.4 Å². The van der Waals surface area contributed by atoms with Crippen LogP contribution in [0, 0.1) is 11.3 Å². The highest BCUT2D eigenvalue weighted by Gasteiger charge is 2.32. The van der Waals surface area contributed by atoms with E-state index in [0.717, 1.165) is 12.1 Å². The van der Waals surface area contributed by atoms with E-state index in [4.69, 9.17) is 10.00 Å². The zero-order valence-corrected chi connectivity index (χ0v) is 10.9. The fourth-order valence-electron chi connectivity index (χ4n) is 1.68. The molecule has 0 saturated heterocycles. The average molecular weight is 287 g/mol. The van der Waals surface area contributed by atoms with Gasteiger partial charge in [0.05, 0.1) is 17.7 Å². The van der Waals surface area contributed by atoms with Crippen LogP contribution in [0.2, 0.25) is 0 Å². The van der Waals surface area contributed by atoms with Crippen molar-refractivity contribution in [1.82, 2.24) is 0 Å². The van der Waals surface area contributed by atoms with Crippen LogP contribution in [0.15, 0.2) is 12.1 Å². The van der Waals surface area contributed by atoms with E-state index in [1.807, 2.05) is 0 Å². The number of nitriles is 1. The molecular formula is C13H12F3NO3. The summed E-state index contributed by atoms with van der Waals surface area (Å²) in [4.78, 5) is 11.8. The number of ether oxygens (including phenoxy) is 2. The molecule has 0 unspecified atom stereocenters. The Hall–Kier alpha value is -2.23. The minimum atomic E-state index is -4.86. The van der Waals surface area contributed by atoms with Crippen molar-refractivity contribution in [3.63, 3.8) is 0 Å². The van der Waals surface area contributed by atoms with Crippen LogP contribution in [0.1, 0.15) is 35.3 Å². The van der Waals surface area contributed by atoms with Gasteiger partial charge >= 0.3 is 12.3 Å². The average Bonchev–Trinajstić information content (AvgIpc) is 2.35. The fourth-order valence-corrected chi connectivity index (χ4v) is 1.68. The Morgan fingerprint density at radius 3 is 2.45 bits per heavy atom. The van der Waals surface area contributed by atoms with E-state index in [0.29, 0.717) is 0 Å². The van der Waals surface area contributed by atoms with Crippen LogP contribution in [-0.4, -0.2) is 18.9 Å². The molecule has 0 spiro atoms. The highest BCUT2D eigenvalue weighted by Crippen LogP contribution is 2.28. The van der Waals surface area contributed by atoms with Gasteiger partial charge in [-0.05, 0) is 31.0 Å². The Labute approximate surface area is 113 Å². The quantitative estimate of drug-likeness (QED) is 0.798. The van der Waals surface area contributed by atoms with Crippen LogP contribution in [-0.2, 0) is 11.2 Å². The summed E-state index contributed by atoms with van der Waals surface area (Å²) in [6, 6.07) is 3.65. The van der Waals surface area contributed by atoms with Crippen molar-refractivity contribution in [3.05, 3.63) is 28.8 Å². The maximum Gasteiger partial charge on any atom is 0.573 e. The molecule has 1 aromatic carbocycles. The minimum absolute atomic E-state index is 0.0219. The largest absolute Gasteiger partial charge is 0.573 e. The number of halogens is 3. The minimum Gasteiger partial charge on any atom is -0.462 e. The van der Waals surface area contributed by atoms with Crippen molar-refractivity contribution in [1.29, 1.82) is 5.26 Å². The van der Waals surface area contributed by atoms with Crippen molar-refractivity contribution in [2.45, 2.75) is 26.6 Å². The molecule has 4 nitrogen and oxygen atoms in total. The molecule has 20 heavy (non-hydrogen) atoms. The number of alkyl halides is 3. The fraction of sp³-hybridized carbons (Fsp3) is 0.385. The molecule has 0 amide bonds. The predicted octanol–water partition coefficient (Wildman–Crippen LogP) is 3.20. The van der Waals surface area contributed by atoms with Gasteiger partial charge in [-0.15, -0.1) is 13.2 Å². The SMILES string of the molecule is CCOC(=O)c1c(C#N)cc(OC(F)(F)F)cc1CC. The molecule has 7 heteroatoms. The number of hydrogen-bond donors (Lipinski definition) is 0. The number of carbonyl (C=O) groups is 1. The van der Waals surface area contributed by atoms with Gasteiger partial charge in [0.25, 0.3) is 0 Å². The van der Waals surface area contributed by atoms with Crippen LogP contribution in [0.25, 0.3) is 0 Å². The molecule has 0 aromatic heterocycles. The van der Waals surface area contributed by atoms with Crippen molar-refractivity contribution in [2.24, 2.45) is 0 Å². The topological polar surface area (TPSA) is 59.3 Å². The van der Waals surface area contributed by atoms with Gasteiger partial charge in [-0.3, -0.25) is 0 Å². The van der Waals surface area contributed by atoms with Gasteiger partial charge in [0.1, 0.15) is 11.8 Å². The van der Waals surface area contributed by atoms with Crippen LogP contribution in [0.5, 0.6) is 5.75 Å². The van der Waals surface area contributed by atoms with Gasteiger partial charge in [-0.25, -0.2) is 4.79 Å². The second-order valence-corrected chi connectivity index (χ2v) is 3.74. The Balaban J connectivity index is 3.33. The van der Waals surface area contributed by atoms with Crippen molar-refractivity contribution in [2.75, 3.05) is 6.61 Å². The zero-order valence-electron chi connectivity index (χ0n) is 10.9. The molecule has 0 N–H and O–H groups in total. The first kappa shape index (κ1) is 15.8. The van der Waals surface area contributed by atoms with E-state index >= 15 is 0 Å². The molecule has 0 aliphatic heterocycles. The van der Waals surface area contributed by atoms with Gasteiger partial charge in [0.15, 0.2) is 0 Å².